The zero-order chi connectivity index (χ0) is 35.7. The van der Waals surface area contributed by atoms with Gasteiger partial charge >= 0.3 is 11.9 Å². The summed E-state index contributed by atoms with van der Waals surface area (Å²) < 4.78 is 15.5. The van der Waals surface area contributed by atoms with Gasteiger partial charge in [-0.2, -0.15) is 0 Å². The average molecular weight is 693 g/mol. The average Bonchev–Trinajstić information content (AvgIpc) is 3.71. The van der Waals surface area contributed by atoms with Crippen molar-refractivity contribution in [3.8, 4) is 0 Å². The number of hydrogen-bond donors (Lipinski definition) is 1. The van der Waals surface area contributed by atoms with Gasteiger partial charge in [0.2, 0.25) is 0 Å². The van der Waals surface area contributed by atoms with E-state index in [4.69, 9.17) is 14.2 Å². The SMILES string of the molecule is C1CCOC1.CCCCCCCC/C=C\CCCCCCCC(=O)OCC(CO)OC(=O)CCCCCCC/C=C\CCCCCCCC. The summed E-state index contributed by atoms with van der Waals surface area (Å²) in [7, 11) is 0. The van der Waals surface area contributed by atoms with Crippen molar-refractivity contribution in [2.45, 2.75) is 213 Å². The standard InChI is InChI=1S/C39H72O5.C4H8O/c1-3-5-7-9-11-13-15-17-19-21-23-25-27-29-31-33-38(41)43-36-37(35-40)44-39(42)34-32-30-28-26-24-22-20-18-16-14-12-10-8-6-4-2;1-2-4-5-3-1/h17-20,37,40H,3-16,21-36H2,1-2H3;1-4H2/b19-17-,20-18-;. The summed E-state index contributed by atoms with van der Waals surface area (Å²) in [6, 6.07) is 0. The number of carbonyl (C=O) groups is 2. The number of aliphatic hydroxyl groups is 1. The quantitative estimate of drug-likeness (QED) is 0.0411. The lowest BCUT2D eigenvalue weighted by Gasteiger charge is -2.15. The Morgan fingerprint density at radius 2 is 0.918 bits per heavy atom. The van der Waals surface area contributed by atoms with Crippen LogP contribution in [0.4, 0.5) is 0 Å². The Balaban J connectivity index is 0.00000418. The molecule has 1 fully saturated rings. The van der Waals surface area contributed by atoms with Crippen LogP contribution in [0.2, 0.25) is 0 Å². The molecule has 0 amide bonds. The summed E-state index contributed by atoms with van der Waals surface area (Å²) in [5.41, 5.74) is 0. The molecule has 0 bridgehead atoms. The van der Waals surface area contributed by atoms with Crippen molar-refractivity contribution in [3.05, 3.63) is 24.3 Å². The third-order valence-corrected chi connectivity index (χ3v) is 9.04. The van der Waals surface area contributed by atoms with Crippen molar-refractivity contribution in [2.75, 3.05) is 26.4 Å². The first kappa shape index (κ1) is 47.3. The molecule has 6 heteroatoms. The summed E-state index contributed by atoms with van der Waals surface area (Å²) in [6.45, 7) is 6.11. The van der Waals surface area contributed by atoms with E-state index in [0.29, 0.717) is 12.8 Å². The number of hydrogen-bond acceptors (Lipinski definition) is 6. The summed E-state index contributed by atoms with van der Waals surface area (Å²) in [4.78, 5) is 24.2. The van der Waals surface area contributed by atoms with E-state index in [2.05, 4.69) is 38.2 Å². The molecule has 6 nitrogen and oxygen atoms in total. The molecule has 0 radical (unpaired) electrons. The second-order valence-electron chi connectivity index (χ2n) is 14.0. The van der Waals surface area contributed by atoms with E-state index in [1.165, 1.54) is 128 Å². The van der Waals surface area contributed by atoms with Crippen LogP contribution < -0.4 is 0 Å². The Bertz CT molecular complexity index is 737. The molecule has 1 aliphatic heterocycles. The zero-order valence-electron chi connectivity index (χ0n) is 32.4. The van der Waals surface area contributed by atoms with Gasteiger partial charge in [-0.25, -0.2) is 0 Å². The summed E-state index contributed by atoms with van der Waals surface area (Å²) in [6.07, 6.45) is 43.4. The lowest BCUT2D eigenvalue weighted by atomic mass is 10.1. The molecule has 0 saturated carbocycles. The molecule has 1 rings (SSSR count). The predicted molar refractivity (Wildman–Crippen MR) is 207 cm³/mol. The fourth-order valence-electron chi connectivity index (χ4n) is 5.82. The molecule has 1 saturated heterocycles. The van der Waals surface area contributed by atoms with E-state index >= 15 is 0 Å². The Kier molecular flexibility index (Phi) is 39.4. The molecule has 288 valence electrons. The van der Waals surface area contributed by atoms with E-state index in [9.17, 15) is 14.7 Å². The third-order valence-electron chi connectivity index (χ3n) is 9.04. The van der Waals surface area contributed by atoms with Gasteiger partial charge in [-0.3, -0.25) is 9.59 Å². The van der Waals surface area contributed by atoms with Crippen LogP contribution >= 0.6 is 0 Å². The Labute approximate surface area is 303 Å². The first-order chi connectivity index (χ1) is 24.1. The minimum atomic E-state index is -0.774. The molecule has 1 N–H and O–H groups in total. The molecular formula is C43H80O6. The van der Waals surface area contributed by atoms with Gasteiger partial charge in [0.15, 0.2) is 6.10 Å². The van der Waals surface area contributed by atoms with Gasteiger partial charge in [0.05, 0.1) is 6.61 Å². The largest absolute Gasteiger partial charge is 0.462 e. The van der Waals surface area contributed by atoms with Gasteiger partial charge in [0, 0.05) is 26.1 Å². The molecule has 0 aromatic rings. The second kappa shape index (κ2) is 40.8. The molecule has 49 heavy (non-hydrogen) atoms. The third kappa shape index (κ3) is 39.0. The highest BCUT2D eigenvalue weighted by atomic mass is 16.6. The first-order valence-electron chi connectivity index (χ1n) is 21.0. The van der Waals surface area contributed by atoms with E-state index < -0.39 is 6.10 Å². The van der Waals surface area contributed by atoms with Crippen LogP contribution in [0.5, 0.6) is 0 Å². The van der Waals surface area contributed by atoms with Crippen molar-refractivity contribution in [1.29, 1.82) is 0 Å². The maximum Gasteiger partial charge on any atom is 0.306 e. The van der Waals surface area contributed by atoms with Gasteiger partial charge < -0.3 is 19.3 Å². The number of allylic oxidation sites excluding steroid dienone is 4. The molecule has 1 aliphatic rings. The first-order valence-corrected chi connectivity index (χ1v) is 21.0. The molecule has 1 heterocycles. The molecular weight excluding hydrogens is 612 g/mol. The molecule has 0 aromatic heterocycles. The number of aliphatic hydroxyl groups excluding tert-OH is 1. The lowest BCUT2D eigenvalue weighted by Crippen LogP contribution is -2.28. The second-order valence-corrected chi connectivity index (χ2v) is 14.0. The Morgan fingerprint density at radius 3 is 1.29 bits per heavy atom. The van der Waals surface area contributed by atoms with Crippen molar-refractivity contribution in [3.63, 3.8) is 0 Å². The maximum absolute atomic E-state index is 12.1. The lowest BCUT2D eigenvalue weighted by molar-refractivity contribution is -0.161. The zero-order valence-corrected chi connectivity index (χ0v) is 32.4. The van der Waals surface area contributed by atoms with Gasteiger partial charge in [-0.1, -0.05) is 141 Å². The van der Waals surface area contributed by atoms with Crippen LogP contribution in [0.15, 0.2) is 24.3 Å². The van der Waals surface area contributed by atoms with Gasteiger partial charge in [-0.15, -0.1) is 0 Å². The highest BCUT2D eigenvalue weighted by Crippen LogP contribution is 2.13. The van der Waals surface area contributed by atoms with Crippen molar-refractivity contribution in [2.24, 2.45) is 0 Å². The number of carbonyl (C=O) groups excluding carboxylic acids is 2. The molecule has 0 aliphatic carbocycles. The van der Waals surface area contributed by atoms with Gasteiger partial charge in [-0.05, 0) is 77.0 Å². The van der Waals surface area contributed by atoms with Crippen LogP contribution in [0.25, 0.3) is 0 Å². The summed E-state index contributed by atoms with van der Waals surface area (Å²) in [5, 5.41) is 9.53. The summed E-state index contributed by atoms with van der Waals surface area (Å²) >= 11 is 0. The molecule has 0 spiro atoms. The predicted octanol–water partition coefficient (Wildman–Crippen LogP) is 12.3. The number of unbranched alkanes of at least 4 members (excludes halogenated alkanes) is 22. The van der Waals surface area contributed by atoms with Gasteiger partial charge in [0.25, 0.3) is 0 Å². The van der Waals surface area contributed by atoms with Gasteiger partial charge in [0.1, 0.15) is 6.61 Å². The highest BCUT2D eigenvalue weighted by Gasteiger charge is 2.16. The molecule has 1 atom stereocenters. The van der Waals surface area contributed by atoms with E-state index in [0.717, 1.165) is 64.6 Å². The monoisotopic (exact) mass is 693 g/mol. The van der Waals surface area contributed by atoms with E-state index in [-0.39, 0.29) is 25.2 Å². The Hall–Kier alpha value is -1.66. The van der Waals surface area contributed by atoms with Crippen LogP contribution in [-0.2, 0) is 23.8 Å². The normalized spacial score (nSPS) is 13.5. The van der Waals surface area contributed by atoms with Crippen molar-refractivity contribution in [1.82, 2.24) is 0 Å². The van der Waals surface area contributed by atoms with Crippen LogP contribution in [0, 0.1) is 0 Å². The molecule has 0 aromatic carbocycles. The minimum Gasteiger partial charge on any atom is -0.462 e. The number of rotatable bonds is 34. The van der Waals surface area contributed by atoms with Crippen LogP contribution in [-0.4, -0.2) is 49.6 Å². The van der Waals surface area contributed by atoms with Crippen molar-refractivity contribution >= 4 is 11.9 Å². The molecule has 1 unspecified atom stereocenters. The topological polar surface area (TPSA) is 82.1 Å². The highest BCUT2D eigenvalue weighted by molar-refractivity contribution is 5.70. The maximum atomic E-state index is 12.1. The Morgan fingerprint density at radius 1 is 0.551 bits per heavy atom. The van der Waals surface area contributed by atoms with E-state index in [1.54, 1.807) is 0 Å². The van der Waals surface area contributed by atoms with Crippen LogP contribution in [0.1, 0.15) is 206 Å². The van der Waals surface area contributed by atoms with Crippen molar-refractivity contribution < 1.29 is 28.9 Å². The summed E-state index contributed by atoms with van der Waals surface area (Å²) in [5.74, 6) is -0.607. The van der Waals surface area contributed by atoms with E-state index in [1.807, 2.05) is 0 Å². The number of ether oxygens (including phenoxy) is 3. The van der Waals surface area contributed by atoms with Crippen LogP contribution in [0.3, 0.4) is 0 Å². The fraction of sp³-hybridized carbons (Fsp3) is 0.860. The number of esters is 2. The minimum absolute atomic E-state index is 0.0709. The fourth-order valence-corrected chi connectivity index (χ4v) is 5.82. The smallest absolute Gasteiger partial charge is 0.306 e.